The van der Waals surface area contributed by atoms with Crippen molar-refractivity contribution in [3.63, 3.8) is 0 Å². The molecule has 0 aliphatic heterocycles. The smallest absolute Gasteiger partial charge is 0.274 e. The normalized spacial score (nSPS) is 16.9. The van der Waals surface area contributed by atoms with E-state index in [-0.39, 0.29) is 28.2 Å². The number of nitriles is 1. The van der Waals surface area contributed by atoms with Crippen molar-refractivity contribution in [1.29, 1.82) is 5.26 Å². The number of halogens is 1. The molecule has 1 unspecified atom stereocenters. The average Bonchev–Trinajstić information content (AvgIpc) is 3.68. The molecule has 0 amide bonds. The molecule has 1 aliphatic rings. The predicted octanol–water partition coefficient (Wildman–Crippen LogP) is 5.33. The van der Waals surface area contributed by atoms with Gasteiger partial charge in [-0.1, -0.05) is 23.7 Å². The van der Waals surface area contributed by atoms with Gasteiger partial charge in [-0.2, -0.15) is 5.26 Å². The van der Waals surface area contributed by atoms with Gasteiger partial charge in [0.2, 0.25) is 0 Å². The standard InChI is InChI=1S/C29H26ClN5O2/c1-16-15-33-24(23-8-9-32-28(34-23)29(3,4)37)13-25(16)35-17(2)10-22(26(30)27(35)36)21-12-20(21)19-7-5-6-18(11-19)14-31/h5-11,13,15,20-21,37H,12H2,1-4H3/t20?,21-/m1/s1. The van der Waals surface area contributed by atoms with Crippen LogP contribution in [0.1, 0.15) is 65.9 Å². The van der Waals surface area contributed by atoms with Crippen LogP contribution in [0.15, 0.2) is 59.7 Å². The second-order valence-electron chi connectivity index (χ2n) is 10.1. The zero-order chi connectivity index (χ0) is 26.5. The van der Waals surface area contributed by atoms with Gasteiger partial charge in [0.05, 0.1) is 28.7 Å². The molecule has 5 rings (SSSR count). The molecule has 3 aromatic heterocycles. The van der Waals surface area contributed by atoms with Gasteiger partial charge in [-0.25, -0.2) is 9.97 Å². The maximum Gasteiger partial charge on any atom is 0.274 e. The summed E-state index contributed by atoms with van der Waals surface area (Å²) >= 11 is 6.70. The third-order valence-corrected chi connectivity index (χ3v) is 7.16. The number of hydrogen-bond donors (Lipinski definition) is 1. The first-order valence-corrected chi connectivity index (χ1v) is 12.4. The van der Waals surface area contributed by atoms with Gasteiger partial charge in [0.1, 0.15) is 10.6 Å². The summed E-state index contributed by atoms with van der Waals surface area (Å²) in [5.74, 6) is 0.657. The SMILES string of the molecule is Cc1cnc(-c2ccnc(C(C)(C)O)n2)cc1-n1c(C)cc([C@@H]2CC2c2cccc(C#N)c2)c(Cl)c1=O. The van der Waals surface area contributed by atoms with E-state index in [9.17, 15) is 15.2 Å². The van der Waals surface area contributed by atoms with Gasteiger partial charge >= 0.3 is 0 Å². The van der Waals surface area contributed by atoms with Crippen LogP contribution in [0.25, 0.3) is 17.1 Å². The van der Waals surface area contributed by atoms with Gasteiger partial charge in [-0.05, 0) is 93.0 Å². The molecule has 2 atom stereocenters. The second kappa shape index (κ2) is 9.22. The topological polar surface area (TPSA) is 105 Å². The highest BCUT2D eigenvalue weighted by Crippen LogP contribution is 2.56. The van der Waals surface area contributed by atoms with E-state index in [0.29, 0.717) is 22.6 Å². The fraction of sp³-hybridized carbons (Fsp3) is 0.276. The van der Waals surface area contributed by atoms with Crippen molar-refractivity contribution in [2.24, 2.45) is 0 Å². The summed E-state index contributed by atoms with van der Waals surface area (Å²) in [6.07, 6.45) is 4.16. The molecule has 7 nitrogen and oxygen atoms in total. The highest BCUT2D eigenvalue weighted by Gasteiger charge is 2.41. The van der Waals surface area contributed by atoms with E-state index in [1.807, 2.05) is 44.2 Å². The van der Waals surface area contributed by atoms with Crippen LogP contribution in [0.5, 0.6) is 0 Å². The average molecular weight is 512 g/mol. The Morgan fingerprint density at radius 1 is 1.11 bits per heavy atom. The summed E-state index contributed by atoms with van der Waals surface area (Å²) in [5, 5.41) is 19.7. The van der Waals surface area contributed by atoms with Gasteiger partial charge < -0.3 is 5.11 Å². The molecule has 1 fully saturated rings. The van der Waals surface area contributed by atoms with Crippen molar-refractivity contribution >= 4 is 11.6 Å². The summed E-state index contributed by atoms with van der Waals surface area (Å²) in [6.45, 7) is 7.03. The van der Waals surface area contributed by atoms with Gasteiger partial charge in [-0.3, -0.25) is 14.3 Å². The van der Waals surface area contributed by atoms with Crippen LogP contribution in [-0.2, 0) is 5.60 Å². The number of benzene rings is 1. The van der Waals surface area contributed by atoms with E-state index in [0.717, 1.165) is 28.8 Å². The zero-order valence-corrected chi connectivity index (χ0v) is 21.8. The molecule has 1 N–H and O–H groups in total. The van der Waals surface area contributed by atoms with Gasteiger partial charge in [0, 0.05) is 18.1 Å². The molecule has 1 aliphatic carbocycles. The van der Waals surface area contributed by atoms with Gasteiger partial charge in [0.25, 0.3) is 5.56 Å². The summed E-state index contributed by atoms with van der Waals surface area (Å²) in [5.41, 5.74) is 4.42. The molecule has 0 saturated heterocycles. The highest BCUT2D eigenvalue weighted by molar-refractivity contribution is 6.31. The van der Waals surface area contributed by atoms with E-state index in [1.54, 1.807) is 42.9 Å². The molecule has 0 radical (unpaired) electrons. The third-order valence-electron chi connectivity index (χ3n) is 6.78. The second-order valence-corrected chi connectivity index (χ2v) is 10.4. The molecule has 186 valence electrons. The van der Waals surface area contributed by atoms with Crippen LogP contribution in [0.2, 0.25) is 5.02 Å². The summed E-state index contributed by atoms with van der Waals surface area (Å²) in [6, 6.07) is 15.3. The first kappa shape index (κ1) is 24.8. The Morgan fingerprint density at radius 2 is 1.89 bits per heavy atom. The lowest BCUT2D eigenvalue weighted by molar-refractivity contribution is 0.0688. The van der Waals surface area contributed by atoms with Crippen LogP contribution < -0.4 is 5.56 Å². The Kier molecular flexibility index (Phi) is 6.18. The van der Waals surface area contributed by atoms with Crippen molar-refractivity contribution in [3.8, 4) is 23.1 Å². The maximum atomic E-state index is 13.6. The molecule has 0 bridgehead atoms. The number of nitrogens with zero attached hydrogens (tertiary/aromatic N) is 5. The number of pyridine rings is 2. The maximum absolute atomic E-state index is 13.6. The van der Waals surface area contributed by atoms with Crippen LogP contribution in [0, 0.1) is 25.2 Å². The van der Waals surface area contributed by atoms with E-state index >= 15 is 0 Å². The molecule has 1 aromatic carbocycles. The van der Waals surface area contributed by atoms with Crippen LogP contribution >= 0.6 is 11.6 Å². The number of hydrogen-bond acceptors (Lipinski definition) is 6. The minimum atomic E-state index is -1.20. The minimum absolute atomic E-state index is 0.137. The number of aromatic nitrogens is 4. The summed E-state index contributed by atoms with van der Waals surface area (Å²) in [7, 11) is 0. The Bertz CT molecular complexity index is 1630. The Labute approximate surface area is 220 Å². The molecule has 8 heteroatoms. The van der Waals surface area contributed by atoms with Crippen LogP contribution in [0.3, 0.4) is 0 Å². The fourth-order valence-corrected chi connectivity index (χ4v) is 5.02. The van der Waals surface area contributed by atoms with E-state index in [4.69, 9.17) is 11.6 Å². The Morgan fingerprint density at radius 3 is 2.62 bits per heavy atom. The molecule has 4 aromatic rings. The fourth-order valence-electron chi connectivity index (χ4n) is 4.74. The van der Waals surface area contributed by atoms with E-state index in [1.165, 1.54) is 0 Å². The van der Waals surface area contributed by atoms with Crippen molar-refractivity contribution in [2.75, 3.05) is 0 Å². The third kappa shape index (κ3) is 4.66. The molecule has 0 spiro atoms. The van der Waals surface area contributed by atoms with Gasteiger partial charge in [-0.15, -0.1) is 0 Å². The van der Waals surface area contributed by atoms with Crippen molar-refractivity contribution < 1.29 is 5.11 Å². The number of aryl methyl sites for hydroxylation is 2. The molecule has 3 heterocycles. The monoisotopic (exact) mass is 511 g/mol. The highest BCUT2D eigenvalue weighted by atomic mass is 35.5. The first-order chi connectivity index (χ1) is 17.6. The lowest BCUT2D eigenvalue weighted by Gasteiger charge is -2.17. The van der Waals surface area contributed by atoms with Gasteiger partial charge in [0.15, 0.2) is 5.82 Å². The lowest BCUT2D eigenvalue weighted by atomic mass is 10.0. The summed E-state index contributed by atoms with van der Waals surface area (Å²) < 4.78 is 1.61. The Hall–Kier alpha value is -3.86. The quantitative estimate of drug-likeness (QED) is 0.388. The molecular weight excluding hydrogens is 486 g/mol. The molecular formula is C29H26ClN5O2. The van der Waals surface area contributed by atoms with E-state index in [2.05, 4.69) is 21.0 Å². The van der Waals surface area contributed by atoms with Crippen molar-refractivity contribution in [3.05, 3.63) is 104 Å². The first-order valence-electron chi connectivity index (χ1n) is 12.0. The number of aliphatic hydroxyl groups is 1. The Balaban J connectivity index is 1.53. The lowest BCUT2D eigenvalue weighted by Crippen LogP contribution is -2.23. The van der Waals surface area contributed by atoms with Crippen molar-refractivity contribution in [1.82, 2.24) is 19.5 Å². The largest absolute Gasteiger partial charge is 0.382 e. The van der Waals surface area contributed by atoms with Crippen LogP contribution in [-0.4, -0.2) is 24.6 Å². The minimum Gasteiger partial charge on any atom is -0.382 e. The zero-order valence-electron chi connectivity index (χ0n) is 21.0. The van der Waals surface area contributed by atoms with Crippen LogP contribution in [0.4, 0.5) is 0 Å². The molecule has 1 saturated carbocycles. The molecule has 37 heavy (non-hydrogen) atoms. The van der Waals surface area contributed by atoms with Crippen molar-refractivity contribution in [2.45, 2.75) is 51.6 Å². The predicted molar refractivity (Wildman–Crippen MR) is 142 cm³/mol. The number of rotatable bonds is 5. The summed E-state index contributed by atoms with van der Waals surface area (Å²) in [4.78, 5) is 26.7. The van der Waals surface area contributed by atoms with E-state index < -0.39 is 5.60 Å².